The first-order valence-electron chi connectivity index (χ1n) is 6.62. The fraction of sp³-hybridized carbons (Fsp3) is 0.600. The van der Waals surface area contributed by atoms with Crippen LogP contribution in [0.3, 0.4) is 0 Å². The molecule has 17 heavy (non-hydrogen) atoms. The lowest BCUT2D eigenvalue weighted by molar-refractivity contribution is -0.00421. The highest BCUT2D eigenvalue weighted by Gasteiger charge is 2.24. The molecule has 0 spiro atoms. The van der Waals surface area contributed by atoms with Gasteiger partial charge in [-0.05, 0) is 24.9 Å². The van der Waals surface area contributed by atoms with E-state index in [0.717, 1.165) is 32.5 Å². The van der Waals surface area contributed by atoms with Crippen molar-refractivity contribution in [3.8, 4) is 0 Å². The number of benzene rings is 1. The fourth-order valence-electron chi connectivity index (χ4n) is 2.01. The molecule has 0 radical (unpaired) electrons. The summed E-state index contributed by atoms with van der Waals surface area (Å²) in [5, 5.41) is 10.4. The third kappa shape index (κ3) is 4.49. The minimum Gasteiger partial charge on any atom is -0.389 e. The van der Waals surface area contributed by atoms with Crippen LogP contribution in [0, 0.1) is 0 Å². The van der Waals surface area contributed by atoms with Crippen LogP contribution in [0.4, 0.5) is 0 Å². The number of hydrogen-bond donors (Lipinski definition) is 1. The topological polar surface area (TPSA) is 23.5 Å². The second-order valence-corrected chi connectivity index (χ2v) is 4.72. The molecule has 96 valence electrons. The summed E-state index contributed by atoms with van der Waals surface area (Å²) in [5.41, 5.74) is 0.772. The smallest absolute Gasteiger partial charge is 0.0769 e. The summed E-state index contributed by atoms with van der Waals surface area (Å²) < 4.78 is 0. The zero-order valence-corrected chi connectivity index (χ0v) is 11.3. The highest BCUT2D eigenvalue weighted by atomic mass is 16.3. The van der Waals surface area contributed by atoms with Gasteiger partial charge < -0.3 is 5.11 Å². The zero-order chi connectivity index (χ0) is 12.7. The molecule has 2 nitrogen and oxygen atoms in total. The predicted molar refractivity (Wildman–Crippen MR) is 72.9 cm³/mol. The molecule has 1 aromatic carbocycles. The van der Waals surface area contributed by atoms with E-state index in [2.05, 4.69) is 49.9 Å². The molecular formula is C15H25NO. The average Bonchev–Trinajstić information content (AvgIpc) is 2.39. The Balaban J connectivity index is 2.60. The normalized spacial score (nSPS) is 12.1. The molecular weight excluding hydrogens is 210 g/mol. The van der Waals surface area contributed by atoms with E-state index in [-0.39, 0.29) is 0 Å². The maximum atomic E-state index is 10.4. The van der Waals surface area contributed by atoms with Crippen LogP contribution in [0.2, 0.25) is 0 Å². The first kappa shape index (κ1) is 14.2. The van der Waals surface area contributed by atoms with Crippen molar-refractivity contribution in [1.82, 2.24) is 4.90 Å². The van der Waals surface area contributed by atoms with Gasteiger partial charge in [0.1, 0.15) is 0 Å². The predicted octanol–water partition coefficient (Wildman–Crippen LogP) is 3.06. The summed E-state index contributed by atoms with van der Waals surface area (Å²) in [5.74, 6) is 0. The van der Waals surface area contributed by atoms with Crippen LogP contribution in [0.15, 0.2) is 30.3 Å². The van der Waals surface area contributed by atoms with Crippen LogP contribution in [-0.2, 0) is 6.54 Å². The van der Waals surface area contributed by atoms with Crippen LogP contribution in [0.25, 0.3) is 0 Å². The molecule has 0 bridgehead atoms. The summed E-state index contributed by atoms with van der Waals surface area (Å²) in [4.78, 5) is 2.31. The van der Waals surface area contributed by atoms with E-state index >= 15 is 0 Å². The van der Waals surface area contributed by atoms with Gasteiger partial charge in [0.2, 0.25) is 0 Å². The molecule has 0 aromatic heterocycles. The minimum atomic E-state index is -0.537. The Bertz CT molecular complexity index is 306. The summed E-state index contributed by atoms with van der Waals surface area (Å²) in [6.45, 7) is 8.90. The van der Waals surface area contributed by atoms with Crippen LogP contribution >= 0.6 is 0 Å². The van der Waals surface area contributed by atoms with Gasteiger partial charge in [0, 0.05) is 13.1 Å². The van der Waals surface area contributed by atoms with Crippen LogP contribution < -0.4 is 0 Å². The quantitative estimate of drug-likeness (QED) is 0.785. The molecule has 0 atom stereocenters. The van der Waals surface area contributed by atoms with Gasteiger partial charge in [-0.3, -0.25) is 4.90 Å². The molecule has 0 saturated carbocycles. The van der Waals surface area contributed by atoms with Crippen molar-refractivity contribution < 1.29 is 5.11 Å². The van der Waals surface area contributed by atoms with E-state index in [9.17, 15) is 5.11 Å². The van der Waals surface area contributed by atoms with E-state index in [1.165, 1.54) is 5.56 Å². The number of hydrogen-bond acceptors (Lipinski definition) is 2. The van der Waals surface area contributed by atoms with Gasteiger partial charge in [-0.25, -0.2) is 0 Å². The van der Waals surface area contributed by atoms with Gasteiger partial charge >= 0.3 is 0 Å². The monoisotopic (exact) mass is 235 g/mol. The van der Waals surface area contributed by atoms with Crippen molar-refractivity contribution in [3.63, 3.8) is 0 Å². The standard InChI is InChI=1S/C15H25NO/c1-4-15(17,5-2)13-16(6-3)12-14-10-8-7-9-11-14/h7-11,17H,4-6,12-13H2,1-3H3. The van der Waals surface area contributed by atoms with Crippen molar-refractivity contribution in [2.45, 2.75) is 45.8 Å². The third-order valence-electron chi connectivity index (χ3n) is 3.53. The van der Waals surface area contributed by atoms with Crippen molar-refractivity contribution >= 4 is 0 Å². The maximum Gasteiger partial charge on any atom is 0.0769 e. The van der Waals surface area contributed by atoms with Crippen molar-refractivity contribution in [2.75, 3.05) is 13.1 Å². The lowest BCUT2D eigenvalue weighted by Crippen LogP contribution is -2.41. The van der Waals surface area contributed by atoms with Gasteiger partial charge in [-0.2, -0.15) is 0 Å². The number of nitrogens with zero attached hydrogens (tertiary/aromatic N) is 1. The first-order chi connectivity index (χ1) is 8.13. The number of aliphatic hydroxyl groups is 1. The Labute approximate surface area is 105 Å². The van der Waals surface area contributed by atoms with Crippen molar-refractivity contribution in [3.05, 3.63) is 35.9 Å². The van der Waals surface area contributed by atoms with Crippen LogP contribution in [-0.4, -0.2) is 28.7 Å². The molecule has 0 aliphatic heterocycles. The molecule has 1 rings (SSSR count). The van der Waals surface area contributed by atoms with E-state index in [1.807, 2.05) is 6.07 Å². The van der Waals surface area contributed by atoms with Crippen molar-refractivity contribution in [1.29, 1.82) is 0 Å². The molecule has 2 heteroatoms. The molecule has 0 saturated heterocycles. The number of rotatable bonds is 7. The summed E-state index contributed by atoms with van der Waals surface area (Å²) in [6.07, 6.45) is 1.63. The zero-order valence-electron chi connectivity index (χ0n) is 11.3. The van der Waals surface area contributed by atoms with E-state index in [4.69, 9.17) is 0 Å². The van der Waals surface area contributed by atoms with Crippen LogP contribution in [0.1, 0.15) is 39.2 Å². The average molecular weight is 235 g/mol. The maximum absolute atomic E-state index is 10.4. The Morgan fingerprint density at radius 1 is 1.06 bits per heavy atom. The van der Waals surface area contributed by atoms with Crippen LogP contribution in [0.5, 0.6) is 0 Å². The molecule has 1 N–H and O–H groups in total. The van der Waals surface area contributed by atoms with Gasteiger partial charge in [-0.1, -0.05) is 51.1 Å². The molecule has 0 heterocycles. The summed E-state index contributed by atoms with van der Waals surface area (Å²) >= 11 is 0. The highest BCUT2D eigenvalue weighted by molar-refractivity contribution is 5.14. The Morgan fingerprint density at radius 3 is 2.12 bits per heavy atom. The van der Waals surface area contributed by atoms with E-state index in [1.54, 1.807) is 0 Å². The third-order valence-corrected chi connectivity index (χ3v) is 3.53. The Hall–Kier alpha value is -0.860. The Morgan fingerprint density at radius 2 is 1.65 bits per heavy atom. The van der Waals surface area contributed by atoms with Gasteiger partial charge in [-0.15, -0.1) is 0 Å². The van der Waals surface area contributed by atoms with Gasteiger partial charge in [0.25, 0.3) is 0 Å². The molecule has 0 amide bonds. The molecule has 0 fully saturated rings. The molecule has 1 aromatic rings. The lowest BCUT2D eigenvalue weighted by atomic mass is 9.96. The van der Waals surface area contributed by atoms with E-state index in [0.29, 0.717) is 0 Å². The summed E-state index contributed by atoms with van der Waals surface area (Å²) in [6, 6.07) is 10.4. The highest BCUT2D eigenvalue weighted by Crippen LogP contribution is 2.17. The lowest BCUT2D eigenvalue weighted by Gasteiger charge is -2.32. The molecule has 0 aliphatic rings. The fourth-order valence-corrected chi connectivity index (χ4v) is 2.01. The van der Waals surface area contributed by atoms with Gasteiger partial charge in [0.15, 0.2) is 0 Å². The SMILES string of the molecule is CCN(Cc1ccccc1)CC(O)(CC)CC. The molecule has 0 aliphatic carbocycles. The first-order valence-corrected chi connectivity index (χ1v) is 6.62. The van der Waals surface area contributed by atoms with Gasteiger partial charge in [0.05, 0.1) is 5.60 Å². The number of likely N-dealkylation sites (N-methyl/N-ethyl adjacent to an activating group) is 1. The second-order valence-electron chi connectivity index (χ2n) is 4.72. The minimum absolute atomic E-state index is 0.537. The second kappa shape index (κ2) is 6.77. The summed E-state index contributed by atoms with van der Waals surface area (Å²) in [7, 11) is 0. The van der Waals surface area contributed by atoms with Crippen molar-refractivity contribution in [2.24, 2.45) is 0 Å². The van der Waals surface area contributed by atoms with E-state index < -0.39 is 5.60 Å². The Kier molecular flexibility index (Phi) is 5.66. The molecule has 0 unspecified atom stereocenters. The largest absolute Gasteiger partial charge is 0.389 e.